The fourth-order valence-electron chi connectivity index (χ4n) is 3.04. The highest BCUT2D eigenvalue weighted by molar-refractivity contribution is 5.76. The topological polar surface area (TPSA) is 55.6 Å². The molecule has 0 aromatic carbocycles. The number of hydrogen-bond donors (Lipinski definition) is 1. The lowest BCUT2D eigenvalue weighted by atomic mass is 9.83. The van der Waals surface area contributed by atoms with Crippen molar-refractivity contribution in [2.45, 2.75) is 58.4 Å². The lowest BCUT2D eigenvalue weighted by Gasteiger charge is -2.28. The van der Waals surface area contributed by atoms with E-state index in [4.69, 9.17) is 10.5 Å². The van der Waals surface area contributed by atoms with Crippen molar-refractivity contribution in [2.24, 2.45) is 17.6 Å². The van der Waals surface area contributed by atoms with Crippen LogP contribution in [0.4, 0.5) is 0 Å². The zero-order chi connectivity index (χ0) is 15.0. The first-order chi connectivity index (χ1) is 9.52. The number of rotatable bonds is 8. The van der Waals surface area contributed by atoms with Crippen LogP contribution in [0.15, 0.2) is 0 Å². The van der Waals surface area contributed by atoms with Gasteiger partial charge in [-0.25, -0.2) is 0 Å². The molecule has 0 saturated heterocycles. The Bertz CT molecular complexity index is 282. The maximum atomic E-state index is 12.3. The van der Waals surface area contributed by atoms with E-state index in [9.17, 15) is 4.79 Å². The quantitative estimate of drug-likeness (QED) is 0.744. The van der Waals surface area contributed by atoms with Crippen molar-refractivity contribution < 1.29 is 9.53 Å². The van der Waals surface area contributed by atoms with Gasteiger partial charge in [-0.15, -0.1) is 0 Å². The summed E-state index contributed by atoms with van der Waals surface area (Å²) < 4.78 is 5.10. The van der Waals surface area contributed by atoms with E-state index < -0.39 is 0 Å². The van der Waals surface area contributed by atoms with Crippen LogP contribution < -0.4 is 5.73 Å². The number of amides is 1. The first kappa shape index (κ1) is 17.4. The van der Waals surface area contributed by atoms with Gasteiger partial charge in [-0.05, 0) is 31.1 Å². The summed E-state index contributed by atoms with van der Waals surface area (Å²) in [6.45, 7) is 6.44. The Morgan fingerprint density at radius 1 is 1.40 bits per heavy atom. The number of hydrogen-bond acceptors (Lipinski definition) is 3. The molecule has 0 aromatic heterocycles. The van der Waals surface area contributed by atoms with Gasteiger partial charge in [0.25, 0.3) is 0 Å². The third kappa shape index (κ3) is 6.71. The molecule has 4 nitrogen and oxygen atoms in total. The Balaban J connectivity index is 2.36. The van der Waals surface area contributed by atoms with Gasteiger partial charge < -0.3 is 15.4 Å². The van der Waals surface area contributed by atoms with Gasteiger partial charge in [0.05, 0.1) is 6.61 Å². The number of nitrogens with two attached hydrogens (primary N) is 1. The van der Waals surface area contributed by atoms with Crippen LogP contribution in [0.2, 0.25) is 0 Å². The number of ether oxygens (including phenoxy) is 1. The smallest absolute Gasteiger partial charge is 0.222 e. The third-order valence-electron chi connectivity index (χ3n) is 4.09. The van der Waals surface area contributed by atoms with Crippen LogP contribution in [0, 0.1) is 11.8 Å². The summed E-state index contributed by atoms with van der Waals surface area (Å²) in [4.78, 5) is 14.3. The van der Waals surface area contributed by atoms with E-state index in [-0.39, 0.29) is 5.91 Å². The average Bonchev–Trinajstić information content (AvgIpc) is 2.40. The predicted octanol–water partition coefficient (Wildman–Crippen LogP) is 2.42. The highest BCUT2D eigenvalue weighted by Crippen LogP contribution is 2.27. The Kier molecular flexibility index (Phi) is 8.15. The second kappa shape index (κ2) is 9.35. The third-order valence-corrected chi connectivity index (χ3v) is 4.09. The fourth-order valence-corrected chi connectivity index (χ4v) is 3.04. The molecule has 20 heavy (non-hydrogen) atoms. The van der Waals surface area contributed by atoms with Crippen molar-refractivity contribution in [3.63, 3.8) is 0 Å². The Morgan fingerprint density at radius 3 is 2.75 bits per heavy atom. The van der Waals surface area contributed by atoms with Crippen molar-refractivity contribution in [2.75, 3.05) is 26.8 Å². The van der Waals surface area contributed by atoms with Gasteiger partial charge in [0.15, 0.2) is 0 Å². The lowest BCUT2D eigenvalue weighted by molar-refractivity contribution is -0.132. The molecule has 2 N–H and O–H groups in total. The summed E-state index contributed by atoms with van der Waals surface area (Å²) in [5.74, 6) is 1.42. The second-order valence-corrected chi connectivity index (χ2v) is 6.56. The summed E-state index contributed by atoms with van der Waals surface area (Å²) in [6.07, 6.45) is 6.36. The molecule has 1 rings (SSSR count). The maximum absolute atomic E-state index is 12.3. The van der Waals surface area contributed by atoms with Crippen molar-refractivity contribution in [1.29, 1.82) is 0 Å². The molecule has 0 aromatic rings. The highest BCUT2D eigenvalue weighted by Gasteiger charge is 2.21. The van der Waals surface area contributed by atoms with Gasteiger partial charge in [-0.1, -0.05) is 26.7 Å². The van der Waals surface area contributed by atoms with Crippen LogP contribution >= 0.6 is 0 Å². The molecule has 1 aliphatic carbocycles. The van der Waals surface area contributed by atoms with Gasteiger partial charge in [0.1, 0.15) is 0 Å². The second-order valence-electron chi connectivity index (χ2n) is 6.56. The van der Waals surface area contributed by atoms with E-state index >= 15 is 0 Å². The summed E-state index contributed by atoms with van der Waals surface area (Å²) in [5.41, 5.74) is 6.01. The minimum atomic E-state index is 0.273. The van der Waals surface area contributed by atoms with Gasteiger partial charge in [0, 0.05) is 32.7 Å². The van der Waals surface area contributed by atoms with Gasteiger partial charge in [-0.3, -0.25) is 4.79 Å². The summed E-state index contributed by atoms with van der Waals surface area (Å²) >= 11 is 0. The van der Waals surface area contributed by atoms with E-state index in [1.54, 1.807) is 7.11 Å². The molecule has 4 heteroatoms. The maximum Gasteiger partial charge on any atom is 0.222 e. The molecule has 1 saturated carbocycles. The molecule has 1 fully saturated rings. The van der Waals surface area contributed by atoms with E-state index in [0.29, 0.717) is 37.5 Å². The Morgan fingerprint density at radius 2 is 2.15 bits per heavy atom. The molecular weight excluding hydrogens is 252 g/mol. The van der Waals surface area contributed by atoms with Gasteiger partial charge in [0.2, 0.25) is 5.91 Å². The van der Waals surface area contributed by atoms with Crippen molar-refractivity contribution >= 4 is 5.91 Å². The summed E-state index contributed by atoms with van der Waals surface area (Å²) in [5, 5.41) is 0. The van der Waals surface area contributed by atoms with Crippen LogP contribution in [0.1, 0.15) is 52.4 Å². The SMILES string of the molecule is COCCN(CC(C)C)C(=O)CCC1CCCC(N)C1. The minimum absolute atomic E-state index is 0.273. The first-order valence-corrected chi connectivity index (χ1v) is 8.05. The van der Waals surface area contributed by atoms with Crippen LogP contribution in [-0.4, -0.2) is 43.7 Å². The molecule has 0 radical (unpaired) electrons. The van der Waals surface area contributed by atoms with E-state index in [2.05, 4.69) is 13.8 Å². The standard InChI is InChI=1S/C16H32N2O2/c1-13(2)12-18(9-10-20-3)16(19)8-7-14-5-4-6-15(17)11-14/h13-15H,4-12,17H2,1-3H3. The van der Waals surface area contributed by atoms with E-state index in [1.165, 1.54) is 12.8 Å². The van der Waals surface area contributed by atoms with E-state index in [1.807, 2.05) is 4.90 Å². The van der Waals surface area contributed by atoms with Crippen molar-refractivity contribution in [3.05, 3.63) is 0 Å². The predicted molar refractivity (Wildman–Crippen MR) is 82.5 cm³/mol. The lowest BCUT2D eigenvalue weighted by Crippen LogP contribution is -2.37. The van der Waals surface area contributed by atoms with Crippen LogP contribution in [-0.2, 0) is 9.53 Å². The van der Waals surface area contributed by atoms with E-state index in [0.717, 1.165) is 25.8 Å². The van der Waals surface area contributed by atoms with Crippen LogP contribution in [0.5, 0.6) is 0 Å². The Hall–Kier alpha value is -0.610. The number of carbonyl (C=O) groups excluding carboxylic acids is 1. The molecule has 0 aliphatic heterocycles. The largest absolute Gasteiger partial charge is 0.383 e. The molecule has 118 valence electrons. The first-order valence-electron chi connectivity index (χ1n) is 8.05. The molecule has 1 amide bonds. The molecule has 1 aliphatic rings. The molecule has 0 bridgehead atoms. The van der Waals surface area contributed by atoms with Crippen molar-refractivity contribution in [3.8, 4) is 0 Å². The molecular formula is C16H32N2O2. The normalized spacial score (nSPS) is 23.1. The Labute approximate surface area is 124 Å². The van der Waals surface area contributed by atoms with Gasteiger partial charge in [-0.2, -0.15) is 0 Å². The fraction of sp³-hybridized carbons (Fsp3) is 0.938. The van der Waals surface area contributed by atoms with Gasteiger partial charge >= 0.3 is 0 Å². The zero-order valence-electron chi connectivity index (χ0n) is 13.4. The molecule has 0 heterocycles. The molecule has 0 spiro atoms. The van der Waals surface area contributed by atoms with Crippen molar-refractivity contribution in [1.82, 2.24) is 4.90 Å². The minimum Gasteiger partial charge on any atom is -0.383 e. The number of carbonyl (C=O) groups is 1. The number of nitrogens with zero attached hydrogens (tertiary/aromatic N) is 1. The molecule has 2 unspecified atom stereocenters. The van der Waals surface area contributed by atoms with Crippen LogP contribution in [0.3, 0.4) is 0 Å². The van der Waals surface area contributed by atoms with Crippen LogP contribution in [0.25, 0.3) is 0 Å². The summed E-state index contributed by atoms with van der Waals surface area (Å²) in [6, 6.07) is 0.351. The number of methoxy groups -OCH3 is 1. The highest BCUT2D eigenvalue weighted by atomic mass is 16.5. The molecule has 2 atom stereocenters. The monoisotopic (exact) mass is 284 g/mol. The average molecular weight is 284 g/mol. The summed E-state index contributed by atoms with van der Waals surface area (Å²) in [7, 11) is 1.68. The zero-order valence-corrected chi connectivity index (χ0v) is 13.4.